The molecule has 84 valence electrons. The first-order valence-electron chi connectivity index (χ1n) is 4.85. The zero-order chi connectivity index (χ0) is 10.8. The van der Waals surface area contributed by atoms with Gasteiger partial charge in [0.1, 0.15) is 0 Å². The zero-order valence-corrected chi connectivity index (χ0v) is 12.8. The molecule has 1 saturated heterocycles. The molecule has 0 spiro atoms. The Balaban J connectivity index is 2.08. The molecule has 0 radical (unpaired) electrons. The van der Waals surface area contributed by atoms with E-state index in [0.717, 1.165) is 34.3 Å². The fraction of sp³-hybridized carbons (Fsp3) is 0.600. The molecular formula is C10H11Br2ClOS. The van der Waals surface area contributed by atoms with Gasteiger partial charge in [0.15, 0.2) is 0 Å². The Morgan fingerprint density at radius 3 is 2.60 bits per heavy atom. The molecule has 1 nitrogen and oxygen atoms in total. The number of ether oxygens (including phenoxy) is 1. The summed E-state index contributed by atoms with van der Waals surface area (Å²) in [5.41, 5.74) is 0. The van der Waals surface area contributed by atoms with Crippen LogP contribution in [-0.4, -0.2) is 13.2 Å². The average molecular weight is 375 g/mol. The maximum atomic E-state index is 6.48. The Labute approximate surface area is 115 Å². The van der Waals surface area contributed by atoms with Crippen molar-refractivity contribution in [1.29, 1.82) is 0 Å². The maximum Gasteiger partial charge on any atom is 0.0843 e. The minimum Gasteiger partial charge on any atom is -0.381 e. The Morgan fingerprint density at radius 1 is 1.40 bits per heavy atom. The lowest BCUT2D eigenvalue weighted by Crippen LogP contribution is -2.18. The molecule has 2 rings (SSSR count). The molecule has 1 aliphatic heterocycles. The maximum absolute atomic E-state index is 6.48. The van der Waals surface area contributed by atoms with Crippen LogP contribution < -0.4 is 0 Å². The van der Waals surface area contributed by atoms with Crippen LogP contribution in [0.5, 0.6) is 0 Å². The second kappa shape index (κ2) is 5.50. The summed E-state index contributed by atoms with van der Waals surface area (Å²) in [6.45, 7) is 1.70. The highest BCUT2D eigenvalue weighted by molar-refractivity contribution is 9.13. The van der Waals surface area contributed by atoms with E-state index in [9.17, 15) is 0 Å². The highest BCUT2D eigenvalue weighted by Gasteiger charge is 2.25. The summed E-state index contributed by atoms with van der Waals surface area (Å²) in [6, 6.07) is 2.11. The van der Waals surface area contributed by atoms with Crippen LogP contribution >= 0.6 is 54.8 Å². The fourth-order valence-electron chi connectivity index (χ4n) is 1.74. The van der Waals surface area contributed by atoms with Gasteiger partial charge in [-0.3, -0.25) is 0 Å². The third-order valence-electron chi connectivity index (χ3n) is 2.62. The molecule has 1 aromatic heterocycles. The molecule has 0 amide bonds. The van der Waals surface area contributed by atoms with Crippen LogP contribution in [0.25, 0.3) is 0 Å². The summed E-state index contributed by atoms with van der Waals surface area (Å²) in [6.07, 6.45) is 2.14. The summed E-state index contributed by atoms with van der Waals surface area (Å²) in [5.74, 6) is 0.554. The lowest BCUT2D eigenvalue weighted by atomic mass is 9.95. The summed E-state index contributed by atoms with van der Waals surface area (Å²) >= 11 is 15.2. The molecule has 0 N–H and O–H groups in total. The van der Waals surface area contributed by atoms with Gasteiger partial charge in [0.2, 0.25) is 0 Å². The summed E-state index contributed by atoms with van der Waals surface area (Å²) in [4.78, 5) is 1.24. The van der Waals surface area contributed by atoms with Crippen LogP contribution in [0, 0.1) is 5.92 Å². The first kappa shape index (κ1) is 12.4. The second-order valence-corrected chi connectivity index (χ2v) is 7.35. The van der Waals surface area contributed by atoms with Crippen LogP contribution in [0.1, 0.15) is 23.1 Å². The van der Waals surface area contributed by atoms with E-state index >= 15 is 0 Å². The molecule has 0 aromatic carbocycles. The highest BCUT2D eigenvalue weighted by atomic mass is 79.9. The quantitative estimate of drug-likeness (QED) is 0.664. The van der Waals surface area contributed by atoms with Crippen LogP contribution in [0.3, 0.4) is 0 Å². The van der Waals surface area contributed by atoms with Gasteiger partial charge in [-0.05, 0) is 56.7 Å². The van der Waals surface area contributed by atoms with Crippen molar-refractivity contribution in [3.8, 4) is 0 Å². The van der Waals surface area contributed by atoms with Crippen LogP contribution in [0.15, 0.2) is 14.3 Å². The third-order valence-corrected chi connectivity index (χ3v) is 6.68. The van der Waals surface area contributed by atoms with Crippen LogP contribution in [0.2, 0.25) is 0 Å². The van der Waals surface area contributed by atoms with Crippen molar-refractivity contribution in [3.05, 3.63) is 19.2 Å². The van der Waals surface area contributed by atoms with Crippen molar-refractivity contribution in [1.82, 2.24) is 0 Å². The number of rotatable bonds is 2. The molecule has 2 heterocycles. The number of hydrogen-bond acceptors (Lipinski definition) is 2. The Kier molecular flexibility index (Phi) is 4.53. The van der Waals surface area contributed by atoms with Gasteiger partial charge in [0, 0.05) is 22.6 Å². The van der Waals surface area contributed by atoms with E-state index in [4.69, 9.17) is 16.3 Å². The summed E-state index contributed by atoms with van der Waals surface area (Å²) in [7, 11) is 0. The lowest BCUT2D eigenvalue weighted by molar-refractivity contribution is 0.0653. The molecule has 1 fully saturated rings. The van der Waals surface area contributed by atoms with Gasteiger partial charge in [-0.1, -0.05) is 0 Å². The smallest absolute Gasteiger partial charge is 0.0843 e. The van der Waals surface area contributed by atoms with Crippen LogP contribution in [-0.2, 0) is 4.74 Å². The standard InChI is InChI=1S/C10H11Br2ClOS/c11-7-5-8(15-10(7)12)9(13)6-1-3-14-4-2-6/h5-6,9H,1-4H2. The molecule has 1 aromatic rings. The highest BCUT2D eigenvalue weighted by Crippen LogP contribution is 2.42. The molecule has 15 heavy (non-hydrogen) atoms. The Morgan fingerprint density at radius 2 is 2.07 bits per heavy atom. The minimum absolute atomic E-state index is 0.126. The van der Waals surface area contributed by atoms with E-state index in [1.54, 1.807) is 11.3 Å². The van der Waals surface area contributed by atoms with E-state index < -0.39 is 0 Å². The fourth-order valence-corrected chi connectivity index (χ4v) is 4.35. The first-order chi connectivity index (χ1) is 7.18. The molecule has 1 aliphatic rings. The minimum atomic E-state index is 0.126. The zero-order valence-electron chi connectivity index (χ0n) is 8.01. The summed E-state index contributed by atoms with van der Waals surface area (Å²) in [5, 5.41) is 0.126. The first-order valence-corrected chi connectivity index (χ1v) is 7.69. The van der Waals surface area contributed by atoms with Crippen molar-refractivity contribution in [3.63, 3.8) is 0 Å². The van der Waals surface area contributed by atoms with E-state index in [1.165, 1.54) is 4.88 Å². The van der Waals surface area contributed by atoms with Crippen molar-refractivity contribution in [2.24, 2.45) is 5.92 Å². The van der Waals surface area contributed by atoms with E-state index in [0.29, 0.717) is 5.92 Å². The number of halogens is 3. The molecule has 0 bridgehead atoms. The number of alkyl halides is 1. The van der Waals surface area contributed by atoms with Gasteiger partial charge in [0.25, 0.3) is 0 Å². The van der Waals surface area contributed by atoms with Crippen molar-refractivity contribution in [2.75, 3.05) is 13.2 Å². The van der Waals surface area contributed by atoms with Gasteiger partial charge in [-0.2, -0.15) is 0 Å². The normalized spacial score (nSPS) is 20.5. The van der Waals surface area contributed by atoms with Gasteiger partial charge in [-0.25, -0.2) is 0 Å². The molecule has 1 unspecified atom stereocenters. The van der Waals surface area contributed by atoms with Gasteiger partial charge in [0.05, 0.1) is 9.16 Å². The van der Waals surface area contributed by atoms with Crippen LogP contribution in [0.4, 0.5) is 0 Å². The largest absolute Gasteiger partial charge is 0.381 e. The molecular weight excluding hydrogens is 363 g/mol. The second-order valence-electron chi connectivity index (χ2n) is 3.62. The molecule has 5 heteroatoms. The Bertz CT molecular complexity index is 317. The predicted molar refractivity (Wildman–Crippen MR) is 71.9 cm³/mol. The Hall–Kier alpha value is 0.910. The van der Waals surface area contributed by atoms with Gasteiger partial charge >= 0.3 is 0 Å². The average Bonchev–Trinajstić information content (AvgIpc) is 2.59. The molecule has 1 atom stereocenters. The number of thiophene rings is 1. The monoisotopic (exact) mass is 372 g/mol. The SMILES string of the molecule is ClC(c1cc(Br)c(Br)s1)C1CCOCC1. The third kappa shape index (κ3) is 2.97. The predicted octanol–water partition coefficient (Wildman–Crippen LogP) is 4.98. The molecule has 0 saturated carbocycles. The molecule has 0 aliphatic carbocycles. The van der Waals surface area contributed by atoms with Crippen molar-refractivity contribution >= 4 is 54.8 Å². The summed E-state index contributed by atoms with van der Waals surface area (Å²) < 4.78 is 7.56. The van der Waals surface area contributed by atoms with Gasteiger partial charge in [-0.15, -0.1) is 22.9 Å². The van der Waals surface area contributed by atoms with E-state index in [2.05, 4.69) is 37.9 Å². The lowest BCUT2D eigenvalue weighted by Gasteiger charge is -2.25. The van der Waals surface area contributed by atoms with Gasteiger partial charge < -0.3 is 4.74 Å². The van der Waals surface area contributed by atoms with Crippen molar-refractivity contribution in [2.45, 2.75) is 18.2 Å². The van der Waals surface area contributed by atoms with E-state index in [-0.39, 0.29) is 5.38 Å². The topological polar surface area (TPSA) is 9.23 Å². The van der Waals surface area contributed by atoms with Crippen molar-refractivity contribution < 1.29 is 4.74 Å². The van der Waals surface area contributed by atoms with E-state index in [1.807, 2.05) is 0 Å². The number of hydrogen-bond donors (Lipinski definition) is 0.